The number of hydrogen-bond acceptors (Lipinski definition) is 7. The Balaban J connectivity index is 1.74. The van der Waals surface area contributed by atoms with Crippen molar-refractivity contribution < 1.29 is 24.2 Å². The molecule has 0 fully saturated rings. The molecule has 35 heavy (non-hydrogen) atoms. The average molecular weight is 493 g/mol. The van der Waals surface area contributed by atoms with Crippen molar-refractivity contribution in [1.82, 2.24) is 9.88 Å². The van der Waals surface area contributed by atoms with E-state index in [0.29, 0.717) is 27.6 Å². The van der Waals surface area contributed by atoms with Crippen molar-refractivity contribution >= 4 is 23.0 Å². The van der Waals surface area contributed by atoms with E-state index in [1.165, 1.54) is 16.2 Å². The van der Waals surface area contributed by atoms with Gasteiger partial charge in [-0.1, -0.05) is 30.3 Å². The summed E-state index contributed by atoms with van der Waals surface area (Å²) in [6, 6.07) is 15.8. The third-order valence-electron chi connectivity index (χ3n) is 5.59. The zero-order valence-electron chi connectivity index (χ0n) is 20.1. The second-order valence-electron chi connectivity index (χ2n) is 8.55. The summed E-state index contributed by atoms with van der Waals surface area (Å²) in [5.41, 5.74) is 1.28. The minimum Gasteiger partial charge on any atom is -0.503 e. The van der Waals surface area contributed by atoms with Crippen molar-refractivity contribution in [1.29, 1.82) is 0 Å². The number of thiazole rings is 1. The SMILES string of the molecule is Cc1nc(C)c(C(=O)C2=C(O)C(=O)N(CCOC(C)C)C2c2cccc(Oc3ccccc3)c2)s1. The van der Waals surface area contributed by atoms with Gasteiger partial charge in [-0.2, -0.15) is 0 Å². The Morgan fingerprint density at radius 2 is 1.83 bits per heavy atom. The molecule has 0 bridgehead atoms. The normalized spacial score (nSPS) is 15.9. The summed E-state index contributed by atoms with van der Waals surface area (Å²) in [6.07, 6.45) is -0.0146. The summed E-state index contributed by atoms with van der Waals surface area (Å²) < 4.78 is 11.6. The topological polar surface area (TPSA) is 89.0 Å². The van der Waals surface area contributed by atoms with E-state index in [1.54, 1.807) is 25.1 Å². The molecule has 8 heteroatoms. The Bertz CT molecular complexity index is 1270. The summed E-state index contributed by atoms with van der Waals surface area (Å²) in [5, 5.41) is 11.6. The van der Waals surface area contributed by atoms with E-state index in [9.17, 15) is 14.7 Å². The Morgan fingerprint density at radius 1 is 1.11 bits per heavy atom. The average Bonchev–Trinajstić information content (AvgIpc) is 3.29. The quantitative estimate of drug-likeness (QED) is 0.394. The van der Waals surface area contributed by atoms with Crippen LogP contribution in [0, 0.1) is 13.8 Å². The standard InChI is InChI=1S/C27H28N2O5S/c1-16(2)33-14-13-29-23(19-9-8-12-21(15-19)34-20-10-6-5-7-11-20)22(25(31)27(29)32)24(30)26-17(3)28-18(4)35-26/h5-12,15-16,23,31H,13-14H2,1-4H3. The van der Waals surface area contributed by atoms with Gasteiger partial charge in [-0.25, -0.2) is 4.98 Å². The lowest BCUT2D eigenvalue weighted by molar-refractivity contribution is -0.130. The van der Waals surface area contributed by atoms with Crippen molar-refractivity contribution in [2.75, 3.05) is 13.2 Å². The number of carbonyl (C=O) groups is 2. The van der Waals surface area contributed by atoms with E-state index >= 15 is 0 Å². The fourth-order valence-corrected chi connectivity index (χ4v) is 4.96. The van der Waals surface area contributed by atoms with Gasteiger partial charge in [0.2, 0.25) is 5.78 Å². The molecule has 0 aliphatic carbocycles. The molecule has 4 rings (SSSR count). The first-order chi connectivity index (χ1) is 16.8. The third-order valence-corrected chi connectivity index (χ3v) is 6.67. The molecule has 182 valence electrons. The second-order valence-corrected chi connectivity index (χ2v) is 9.75. The number of nitrogens with zero attached hydrogens (tertiary/aromatic N) is 2. The fraction of sp³-hybridized carbons (Fsp3) is 0.296. The van der Waals surface area contributed by atoms with Crippen LogP contribution in [-0.2, 0) is 9.53 Å². The minimum absolute atomic E-state index is 0.0146. The van der Waals surface area contributed by atoms with Crippen molar-refractivity contribution in [3.63, 3.8) is 0 Å². The van der Waals surface area contributed by atoms with Crippen molar-refractivity contribution in [3.8, 4) is 11.5 Å². The van der Waals surface area contributed by atoms with Gasteiger partial charge in [0, 0.05) is 6.54 Å². The lowest BCUT2D eigenvalue weighted by atomic mass is 9.95. The van der Waals surface area contributed by atoms with Crippen molar-refractivity contribution in [2.24, 2.45) is 0 Å². The molecule has 1 aromatic heterocycles. The third kappa shape index (κ3) is 5.28. The Morgan fingerprint density at radius 3 is 2.49 bits per heavy atom. The number of rotatable bonds is 9. The van der Waals surface area contributed by atoms with Crippen LogP contribution in [-0.4, -0.2) is 45.9 Å². The smallest absolute Gasteiger partial charge is 0.290 e. The van der Waals surface area contributed by atoms with Crippen LogP contribution in [0.15, 0.2) is 65.9 Å². The number of aryl methyl sites for hydroxylation is 2. The zero-order valence-corrected chi connectivity index (χ0v) is 21.0. The van der Waals surface area contributed by atoms with E-state index in [-0.39, 0.29) is 24.8 Å². The number of amides is 1. The maximum absolute atomic E-state index is 13.6. The summed E-state index contributed by atoms with van der Waals surface area (Å²) in [7, 11) is 0. The molecule has 3 aromatic rings. The maximum atomic E-state index is 13.6. The predicted molar refractivity (Wildman–Crippen MR) is 134 cm³/mol. The van der Waals surface area contributed by atoms with Crippen LogP contribution in [0.2, 0.25) is 0 Å². The van der Waals surface area contributed by atoms with Gasteiger partial charge < -0.3 is 19.5 Å². The first kappa shape index (κ1) is 24.6. The van der Waals surface area contributed by atoms with E-state index < -0.39 is 23.5 Å². The number of hydrogen-bond donors (Lipinski definition) is 1. The van der Waals surface area contributed by atoms with E-state index in [4.69, 9.17) is 9.47 Å². The number of aliphatic hydroxyl groups is 1. The number of ether oxygens (including phenoxy) is 2. The molecule has 1 aliphatic rings. The maximum Gasteiger partial charge on any atom is 0.290 e. The Labute approximate surface area is 208 Å². The first-order valence-electron chi connectivity index (χ1n) is 11.4. The summed E-state index contributed by atoms with van der Waals surface area (Å²) in [5.74, 6) is -0.309. The molecule has 0 saturated heterocycles. The van der Waals surface area contributed by atoms with Gasteiger partial charge in [-0.05, 0) is 57.5 Å². The van der Waals surface area contributed by atoms with Gasteiger partial charge in [0.05, 0.1) is 39.9 Å². The summed E-state index contributed by atoms with van der Waals surface area (Å²) in [4.78, 5) is 33.0. The molecular weight excluding hydrogens is 464 g/mol. The number of ketones is 1. The number of Topliss-reactive ketones (excluding diaryl/α,β-unsaturated/α-hetero) is 1. The molecule has 0 spiro atoms. The molecule has 1 aliphatic heterocycles. The number of aromatic nitrogens is 1. The van der Waals surface area contributed by atoms with E-state index in [0.717, 1.165) is 5.01 Å². The molecule has 2 heterocycles. The summed E-state index contributed by atoms with van der Waals surface area (Å²) in [6.45, 7) is 7.88. The van der Waals surface area contributed by atoms with Gasteiger partial charge in [0.25, 0.3) is 5.91 Å². The lowest BCUT2D eigenvalue weighted by Gasteiger charge is -2.27. The zero-order chi connectivity index (χ0) is 25.1. The van der Waals surface area contributed by atoms with Gasteiger partial charge in [0.1, 0.15) is 11.5 Å². The largest absolute Gasteiger partial charge is 0.503 e. The molecule has 7 nitrogen and oxygen atoms in total. The van der Waals surface area contributed by atoms with Crippen LogP contribution < -0.4 is 4.74 Å². The van der Waals surface area contributed by atoms with Gasteiger partial charge in [0.15, 0.2) is 5.76 Å². The lowest BCUT2D eigenvalue weighted by Crippen LogP contribution is -2.34. The van der Waals surface area contributed by atoms with Gasteiger partial charge in [-0.3, -0.25) is 9.59 Å². The molecule has 0 radical (unpaired) electrons. The van der Waals surface area contributed by atoms with Crippen LogP contribution in [0.5, 0.6) is 11.5 Å². The van der Waals surface area contributed by atoms with Crippen LogP contribution in [0.25, 0.3) is 0 Å². The Kier molecular flexibility index (Phi) is 7.33. The molecule has 1 atom stereocenters. The number of benzene rings is 2. The highest BCUT2D eigenvalue weighted by Gasteiger charge is 2.44. The highest BCUT2D eigenvalue weighted by atomic mass is 32.1. The van der Waals surface area contributed by atoms with E-state index in [1.807, 2.05) is 57.2 Å². The molecular formula is C27H28N2O5S. The van der Waals surface area contributed by atoms with Crippen molar-refractivity contribution in [2.45, 2.75) is 39.8 Å². The number of aliphatic hydroxyl groups excluding tert-OH is 1. The summed E-state index contributed by atoms with van der Waals surface area (Å²) >= 11 is 1.25. The van der Waals surface area contributed by atoms with Crippen LogP contribution >= 0.6 is 11.3 Å². The van der Waals surface area contributed by atoms with Crippen LogP contribution in [0.4, 0.5) is 0 Å². The highest BCUT2D eigenvalue weighted by molar-refractivity contribution is 7.14. The second kappa shape index (κ2) is 10.4. The molecule has 1 amide bonds. The van der Waals surface area contributed by atoms with E-state index in [2.05, 4.69) is 4.98 Å². The minimum atomic E-state index is -0.785. The van der Waals surface area contributed by atoms with Gasteiger partial charge in [-0.15, -0.1) is 11.3 Å². The van der Waals surface area contributed by atoms with Gasteiger partial charge >= 0.3 is 0 Å². The fourth-order valence-electron chi connectivity index (χ4n) is 4.09. The van der Waals surface area contributed by atoms with Crippen LogP contribution in [0.1, 0.15) is 45.8 Å². The molecule has 0 saturated carbocycles. The molecule has 1 N–H and O–H groups in total. The predicted octanol–water partition coefficient (Wildman–Crippen LogP) is 5.56. The highest BCUT2D eigenvalue weighted by Crippen LogP contribution is 2.41. The number of para-hydroxylation sites is 1. The molecule has 2 aromatic carbocycles. The Hall–Kier alpha value is -3.49. The number of carbonyl (C=O) groups excluding carboxylic acids is 2. The monoisotopic (exact) mass is 492 g/mol. The van der Waals surface area contributed by atoms with Crippen LogP contribution in [0.3, 0.4) is 0 Å². The molecule has 1 unspecified atom stereocenters. The first-order valence-corrected chi connectivity index (χ1v) is 12.2. The van der Waals surface area contributed by atoms with Crippen molar-refractivity contribution in [3.05, 3.63) is 87.1 Å².